The van der Waals surface area contributed by atoms with Crippen LogP contribution >= 0.6 is 0 Å². The number of likely N-dealkylation sites (tertiary alicyclic amines) is 2. The lowest BCUT2D eigenvalue weighted by atomic mass is 10.00. The van der Waals surface area contributed by atoms with Gasteiger partial charge in [-0.05, 0) is 79.4 Å². The van der Waals surface area contributed by atoms with E-state index in [9.17, 15) is 48.6 Å². The van der Waals surface area contributed by atoms with E-state index < -0.39 is 144 Å². The molecule has 0 spiro atoms. The number of carbonyl (C=O) groups is 10. The summed E-state index contributed by atoms with van der Waals surface area (Å²) in [5.41, 5.74) is 3.01. The Balaban J connectivity index is 1.05. The van der Waals surface area contributed by atoms with E-state index in [0.29, 0.717) is 45.1 Å². The lowest BCUT2D eigenvalue weighted by Gasteiger charge is -2.33. The van der Waals surface area contributed by atoms with Gasteiger partial charge in [-0.3, -0.25) is 38.4 Å². The molecule has 0 saturated carbocycles. The first kappa shape index (κ1) is 76.3. The smallest absolute Gasteiger partial charge is 0.326 e. The van der Waals surface area contributed by atoms with Crippen molar-refractivity contribution in [1.82, 2.24) is 81.5 Å². The molecule has 0 aliphatic carbocycles. The second-order valence-electron chi connectivity index (χ2n) is 27.0. The van der Waals surface area contributed by atoms with Crippen LogP contribution < -0.4 is 41.4 Å². The maximum atomic E-state index is 15.1. The maximum absolute atomic E-state index is 15.1. The Labute approximate surface area is 597 Å². The van der Waals surface area contributed by atoms with Crippen LogP contribution in [0.25, 0.3) is 0 Å². The van der Waals surface area contributed by atoms with Crippen molar-refractivity contribution in [2.24, 2.45) is 11.8 Å². The number of carboxylic acids is 2. The molecular formula is C73H92N16O14. The summed E-state index contributed by atoms with van der Waals surface area (Å²) in [5, 5.41) is 56.3. The predicted molar refractivity (Wildman–Crippen MR) is 375 cm³/mol. The largest absolute Gasteiger partial charge is 0.487 e. The highest BCUT2D eigenvalue weighted by Crippen LogP contribution is 2.32. The fourth-order valence-corrected chi connectivity index (χ4v) is 12.9. The maximum Gasteiger partial charge on any atom is 0.326 e. The molecule has 30 nitrogen and oxygen atoms in total. The number of hydrogen-bond acceptors (Lipinski definition) is 18. The van der Waals surface area contributed by atoms with Crippen molar-refractivity contribution in [2.45, 2.75) is 159 Å². The van der Waals surface area contributed by atoms with Crippen molar-refractivity contribution in [3.05, 3.63) is 168 Å². The molecule has 2 fully saturated rings. The Morgan fingerprint density at radius 1 is 0.573 bits per heavy atom. The number of nitrogens with one attached hydrogen (secondary N) is 6. The quantitative estimate of drug-likeness (QED) is 0.0606. The SMILES string of the molecule is C=CC(NC)C(=O)NC(C(=O)N1CC2CC1C(=O)NC(Cc1ccccc1)C(=O)N(C)C(C(=O)O)Cc1ccc(cc1)OCc1cn(nn1)C1CC(C(=O)NC(Cc3ccccc3)C(=O)N(C)C(C(=O)O)Cc3ccc(cc3)OCc3cn2nn3)N(C(=O)C(NC(=O)C(C)NC)C(C)C)C1)C(C)C. The standard InChI is InChI=1S/C73H92N16O14/c1-11-55(75-8)65(91)79-63(43(4)5)71(97)87-39-52-35-59(87)67(93)77-57(31-46-20-16-13-17-21-46)69(95)85(10)61(73(100)101)33-48-22-26-53(27-23-48)102-40-49-36-88(82-80-49)51-34-58(86(38-51)70(96)62(42(2)3)78-64(90)44(6)74-7)66(92)76-56(30-45-18-14-12-15-19-45)68(94)84(9)60(72(98)99)32-47-24-28-54(29-25-47)103-41-50-37-89(52)83-81-50/h11-29,36-37,42-44,51-52,55-63,74-75H,1,30-35,38-41H2,2-10H3,(H,76,92)(H,77,93)(H,78,90)(H,79,91)(H,98,99)(H,100,101). The number of likely N-dealkylation sites (N-methyl/N-ethyl adjacent to an activating group) is 4. The molecular weight excluding hydrogens is 1320 g/mol. The first-order chi connectivity index (χ1) is 49.2. The van der Waals surface area contributed by atoms with E-state index in [0.717, 1.165) is 9.80 Å². The molecule has 548 valence electrons. The number of benzene rings is 4. The molecule has 4 aromatic carbocycles. The monoisotopic (exact) mass is 1420 g/mol. The summed E-state index contributed by atoms with van der Waals surface area (Å²) in [4.78, 5) is 148. The van der Waals surface area contributed by atoms with Crippen LogP contribution in [0.5, 0.6) is 11.5 Å². The number of hydrogen-bond donors (Lipinski definition) is 8. The molecule has 12 unspecified atom stereocenters. The first-order valence-corrected chi connectivity index (χ1v) is 34.4. The van der Waals surface area contributed by atoms with E-state index in [-0.39, 0.29) is 64.8 Å². The molecule has 6 aromatic rings. The molecule has 12 bridgehead atoms. The van der Waals surface area contributed by atoms with Gasteiger partial charge in [-0.2, -0.15) is 0 Å². The van der Waals surface area contributed by atoms with Crippen molar-refractivity contribution < 1.29 is 67.6 Å². The van der Waals surface area contributed by atoms with Gasteiger partial charge < -0.3 is 71.2 Å². The van der Waals surface area contributed by atoms with Gasteiger partial charge >= 0.3 is 11.9 Å². The summed E-state index contributed by atoms with van der Waals surface area (Å²) in [5.74, 6) is -7.89. The summed E-state index contributed by atoms with van der Waals surface area (Å²) in [6, 6.07) is 17.6. The molecule has 12 rings (SSSR count). The van der Waals surface area contributed by atoms with Crippen LogP contribution in [0.15, 0.2) is 134 Å². The molecule has 6 aliphatic heterocycles. The zero-order valence-electron chi connectivity index (χ0n) is 59.3. The van der Waals surface area contributed by atoms with Crippen LogP contribution in [0.4, 0.5) is 0 Å². The molecule has 8 amide bonds. The molecule has 8 heterocycles. The van der Waals surface area contributed by atoms with Gasteiger partial charge in [0.25, 0.3) is 0 Å². The molecule has 12 atom stereocenters. The molecule has 2 aromatic heterocycles. The lowest BCUT2D eigenvalue weighted by Crippen LogP contribution is -2.59. The minimum atomic E-state index is -1.45. The third kappa shape index (κ3) is 19.0. The van der Waals surface area contributed by atoms with Gasteiger partial charge in [0.15, 0.2) is 0 Å². The number of carboxylic acid groups (broad SMARTS) is 2. The van der Waals surface area contributed by atoms with Crippen molar-refractivity contribution in [3.63, 3.8) is 0 Å². The average Bonchev–Trinajstić information content (AvgIpc) is 1.66. The second-order valence-corrected chi connectivity index (χ2v) is 27.0. The second kappa shape index (κ2) is 34.7. The highest BCUT2D eigenvalue weighted by Gasteiger charge is 2.48. The third-order valence-electron chi connectivity index (χ3n) is 19.2. The van der Waals surface area contributed by atoms with Crippen molar-refractivity contribution in [2.75, 3.05) is 41.3 Å². The van der Waals surface area contributed by atoms with Crippen LogP contribution in [0.1, 0.15) is 93.2 Å². The molecule has 0 radical (unpaired) electrons. The Morgan fingerprint density at radius 2 is 0.961 bits per heavy atom. The summed E-state index contributed by atoms with van der Waals surface area (Å²) in [6.07, 6.45) is 4.09. The van der Waals surface area contributed by atoms with Crippen LogP contribution in [0.3, 0.4) is 0 Å². The summed E-state index contributed by atoms with van der Waals surface area (Å²) >= 11 is 0. The van der Waals surface area contributed by atoms with Gasteiger partial charge in [0.2, 0.25) is 47.3 Å². The number of amides is 8. The van der Waals surface area contributed by atoms with Crippen molar-refractivity contribution in [1.29, 1.82) is 0 Å². The molecule has 2 saturated heterocycles. The number of aliphatic carboxylic acids is 2. The first-order valence-electron chi connectivity index (χ1n) is 34.4. The van der Waals surface area contributed by atoms with E-state index in [4.69, 9.17) is 9.47 Å². The fourth-order valence-electron chi connectivity index (χ4n) is 12.9. The van der Waals surface area contributed by atoms with E-state index in [1.807, 2.05) is 0 Å². The molecule has 103 heavy (non-hydrogen) atoms. The van der Waals surface area contributed by atoms with Crippen LogP contribution in [-0.4, -0.2) is 221 Å². The normalized spacial score (nSPS) is 22.2. The van der Waals surface area contributed by atoms with Crippen molar-refractivity contribution >= 4 is 59.2 Å². The number of carbonyl (C=O) groups excluding carboxylic acids is 8. The summed E-state index contributed by atoms with van der Waals surface area (Å²) < 4.78 is 15.3. The van der Waals surface area contributed by atoms with E-state index in [1.54, 1.807) is 170 Å². The zero-order valence-corrected chi connectivity index (χ0v) is 59.3. The number of ether oxygens (including phenoxy) is 2. The van der Waals surface area contributed by atoms with Gasteiger partial charge in [-0.15, -0.1) is 16.8 Å². The van der Waals surface area contributed by atoms with Gasteiger partial charge in [0.1, 0.15) is 90.5 Å². The van der Waals surface area contributed by atoms with Crippen LogP contribution in [0.2, 0.25) is 0 Å². The Kier molecular flexibility index (Phi) is 25.7. The van der Waals surface area contributed by atoms with Gasteiger partial charge in [-0.1, -0.05) is 129 Å². The Hall–Kier alpha value is -10.9. The highest BCUT2D eigenvalue weighted by atomic mass is 16.5. The van der Waals surface area contributed by atoms with Crippen LogP contribution in [-0.2, 0) is 86.8 Å². The highest BCUT2D eigenvalue weighted by molar-refractivity contribution is 5.98. The van der Waals surface area contributed by atoms with E-state index >= 15 is 9.59 Å². The predicted octanol–water partition coefficient (Wildman–Crippen LogP) is 2.05. The third-order valence-corrected chi connectivity index (χ3v) is 19.2. The van der Waals surface area contributed by atoms with Crippen LogP contribution in [0, 0.1) is 11.8 Å². The van der Waals surface area contributed by atoms with Gasteiger partial charge in [0, 0.05) is 65.7 Å². The zero-order chi connectivity index (χ0) is 74.3. The fraction of sp³-hybridized carbons (Fsp3) is 0.452. The number of aromatic nitrogens is 6. The Morgan fingerprint density at radius 3 is 1.31 bits per heavy atom. The molecule has 6 aliphatic rings. The lowest BCUT2D eigenvalue weighted by molar-refractivity contribution is -0.150. The summed E-state index contributed by atoms with van der Waals surface area (Å²) in [7, 11) is 5.87. The molecule has 8 N–H and O–H groups in total. The Bertz CT molecular complexity index is 3980. The minimum Gasteiger partial charge on any atom is -0.487 e. The summed E-state index contributed by atoms with van der Waals surface area (Å²) in [6.45, 7) is 12.0. The number of rotatable bonds is 17. The topological polar surface area (TPSA) is 376 Å². The number of nitrogens with zero attached hydrogens (tertiary/aromatic N) is 10. The average molecular weight is 1420 g/mol. The molecule has 30 heteroatoms. The minimum absolute atomic E-state index is 0.0204. The van der Waals surface area contributed by atoms with Gasteiger partial charge in [-0.25, -0.2) is 19.0 Å². The van der Waals surface area contributed by atoms with Crippen molar-refractivity contribution in [3.8, 4) is 11.5 Å². The van der Waals surface area contributed by atoms with E-state index in [1.165, 1.54) is 39.3 Å². The van der Waals surface area contributed by atoms with Gasteiger partial charge in [0.05, 0.1) is 30.5 Å². The van der Waals surface area contributed by atoms with E-state index in [2.05, 4.69) is 59.1 Å².